The van der Waals surface area contributed by atoms with Crippen molar-refractivity contribution in [2.24, 2.45) is 5.92 Å². The van der Waals surface area contributed by atoms with Gasteiger partial charge in [0.15, 0.2) is 0 Å². The van der Waals surface area contributed by atoms with Crippen LogP contribution in [-0.4, -0.2) is 48.8 Å². The molecule has 1 unspecified atom stereocenters. The summed E-state index contributed by atoms with van der Waals surface area (Å²) in [6.45, 7) is 3.90. The quantitative estimate of drug-likeness (QED) is 0.676. The van der Waals surface area contributed by atoms with Gasteiger partial charge in [0.2, 0.25) is 0 Å². The van der Waals surface area contributed by atoms with Crippen LogP contribution in [0.2, 0.25) is 0 Å². The van der Waals surface area contributed by atoms with E-state index in [-0.39, 0.29) is 0 Å². The first-order chi connectivity index (χ1) is 6.77. The van der Waals surface area contributed by atoms with E-state index in [0.717, 1.165) is 13.0 Å². The summed E-state index contributed by atoms with van der Waals surface area (Å²) < 4.78 is 0. The lowest BCUT2D eigenvalue weighted by atomic mass is 9.76. The van der Waals surface area contributed by atoms with E-state index in [2.05, 4.69) is 17.3 Å². The molecule has 0 aromatic heterocycles. The van der Waals surface area contributed by atoms with Crippen molar-refractivity contribution in [3.8, 4) is 0 Å². The number of nitrogens with one attached hydrogen (secondary N) is 1. The minimum Gasteiger partial charge on any atom is -0.396 e. The van der Waals surface area contributed by atoms with Crippen LogP contribution in [-0.2, 0) is 0 Å². The van der Waals surface area contributed by atoms with Gasteiger partial charge in [-0.15, -0.1) is 0 Å². The number of piperidine rings is 1. The smallest absolute Gasteiger partial charge is 0.0434 e. The highest BCUT2D eigenvalue weighted by Crippen LogP contribution is 2.37. The van der Waals surface area contributed by atoms with Crippen molar-refractivity contribution in [1.29, 1.82) is 0 Å². The van der Waals surface area contributed by atoms with Crippen molar-refractivity contribution in [3.05, 3.63) is 0 Å². The second-order valence-corrected chi connectivity index (χ2v) is 4.88. The molecule has 0 amide bonds. The third kappa shape index (κ3) is 1.81. The second-order valence-electron chi connectivity index (χ2n) is 4.88. The van der Waals surface area contributed by atoms with Crippen LogP contribution >= 0.6 is 0 Å². The molecule has 0 aromatic carbocycles. The number of aliphatic hydroxyl groups excluding tert-OH is 1. The Hall–Kier alpha value is -0.120. The average Bonchev–Trinajstić information content (AvgIpc) is 2.56. The Kier molecular flexibility index (Phi) is 3.10. The Bertz CT molecular complexity index is 188. The first kappa shape index (κ1) is 10.4. The molecule has 2 saturated heterocycles. The van der Waals surface area contributed by atoms with Gasteiger partial charge in [0.05, 0.1) is 0 Å². The summed E-state index contributed by atoms with van der Waals surface area (Å²) in [5.41, 5.74) is 0.370. The van der Waals surface area contributed by atoms with Gasteiger partial charge in [0.1, 0.15) is 0 Å². The van der Waals surface area contributed by atoms with E-state index >= 15 is 0 Å². The molecule has 2 aliphatic heterocycles. The summed E-state index contributed by atoms with van der Waals surface area (Å²) in [4.78, 5) is 2.40. The van der Waals surface area contributed by atoms with Crippen molar-refractivity contribution >= 4 is 0 Å². The summed E-state index contributed by atoms with van der Waals surface area (Å²) >= 11 is 0. The van der Waals surface area contributed by atoms with Gasteiger partial charge in [-0.2, -0.15) is 0 Å². The van der Waals surface area contributed by atoms with Gasteiger partial charge >= 0.3 is 0 Å². The van der Waals surface area contributed by atoms with Gasteiger partial charge in [0, 0.05) is 12.1 Å². The van der Waals surface area contributed by atoms with Crippen LogP contribution in [0.25, 0.3) is 0 Å². The molecule has 82 valence electrons. The van der Waals surface area contributed by atoms with E-state index < -0.39 is 0 Å². The normalized spacial score (nSPS) is 32.6. The molecule has 14 heavy (non-hydrogen) atoms. The van der Waals surface area contributed by atoms with Crippen molar-refractivity contribution in [1.82, 2.24) is 10.2 Å². The first-order valence-corrected chi connectivity index (χ1v) is 5.81. The second kappa shape index (κ2) is 4.17. The van der Waals surface area contributed by atoms with Crippen LogP contribution in [0, 0.1) is 5.92 Å². The first-order valence-electron chi connectivity index (χ1n) is 5.81. The third-order valence-corrected chi connectivity index (χ3v) is 4.11. The summed E-state index contributed by atoms with van der Waals surface area (Å²) in [7, 11) is 2.20. The van der Waals surface area contributed by atoms with Crippen LogP contribution < -0.4 is 5.32 Å². The number of likely N-dealkylation sites (tertiary alicyclic amines) is 1. The minimum absolute atomic E-state index is 0.351. The number of hydrogen-bond donors (Lipinski definition) is 2. The summed E-state index contributed by atoms with van der Waals surface area (Å²) in [6, 6.07) is 0. The summed E-state index contributed by atoms with van der Waals surface area (Å²) in [5.74, 6) is 0.709. The van der Waals surface area contributed by atoms with Gasteiger partial charge in [-0.25, -0.2) is 0 Å². The average molecular weight is 198 g/mol. The third-order valence-electron chi connectivity index (χ3n) is 4.11. The van der Waals surface area contributed by atoms with Gasteiger partial charge in [-0.1, -0.05) is 0 Å². The Balaban J connectivity index is 1.99. The molecule has 0 saturated carbocycles. The summed E-state index contributed by atoms with van der Waals surface area (Å²) in [5, 5.41) is 12.7. The van der Waals surface area contributed by atoms with Crippen molar-refractivity contribution in [3.63, 3.8) is 0 Å². The number of nitrogens with zero attached hydrogens (tertiary/aromatic N) is 1. The van der Waals surface area contributed by atoms with Crippen molar-refractivity contribution in [2.45, 2.75) is 31.2 Å². The molecule has 3 heteroatoms. The SMILES string of the molecule is CN1CCC2(CC1)NCCC2CCO. The topological polar surface area (TPSA) is 35.5 Å². The fourth-order valence-corrected chi connectivity index (χ4v) is 3.10. The van der Waals surface area contributed by atoms with Gasteiger partial charge in [0.25, 0.3) is 0 Å². The van der Waals surface area contributed by atoms with E-state index in [1.165, 1.54) is 32.4 Å². The van der Waals surface area contributed by atoms with E-state index in [1.807, 2.05) is 0 Å². The monoisotopic (exact) mass is 198 g/mol. The van der Waals surface area contributed by atoms with E-state index in [4.69, 9.17) is 5.11 Å². The molecule has 2 fully saturated rings. The highest BCUT2D eigenvalue weighted by Gasteiger charge is 2.43. The van der Waals surface area contributed by atoms with Gasteiger partial charge in [-0.3, -0.25) is 0 Å². The molecule has 0 bridgehead atoms. The molecule has 0 aliphatic carbocycles. The highest BCUT2D eigenvalue weighted by atomic mass is 16.3. The standard InChI is InChI=1S/C11H22N2O/c1-13-7-4-11(5-8-13)10(3-9-14)2-6-12-11/h10,12,14H,2-9H2,1H3. The molecule has 0 aromatic rings. The van der Waals surface area contributed by atoms with Crippen LogP contribution in [0.15, 0.2) is 0 Å². The van der Waals surface area contributed by atoms with Crippen molar-refractivity contribution < 1.29 is 5.11 Å². The number of aliphatic hydroxyl groups is 1. The maximum absolute atomic E-state index is 9.05. The maximum atomic E-state index is 9.05. The Morgan fingerprint density at radius 1 is 1.43 bits per heavy atom. The fourth-order valence-electron chi connectivity index (χ4n) is 3.10. The van der Waals surface area contributed by atoms with Crippen LogP contribution in [0.4, 0.5) is 0 Å². The lowest BCUT2D eigenvalue weighted by Crippen LogP contribution is -2.52. The molecule has 3 nitrogen and oxygen atoms in total. The lowest BCUT2D eigenvalue weighted by molar-refractivity contribution is 0.118. The van der Waals surface area contributed by atoms with E-state index in [0.29, 0.717) is 18.1 Å². The molecule has 2 heterocycles. The molecule has 1 spiro atoms. The van der Waals surface area contributed by atoms with Crippen LogP contribution in [0.3, 0.4) is 0 Å². The van der Waals surface area contributed by atoms with E-state index in [1.54, 1.807) is 0 Å². The number of rotatable bonds is 2. The molecule has 2 aliphatic rings. The largest absolute Gasteiger partial charge is 0.396 e. The maximum Gasteiger partial charge on any atom is 0.0434 e. The van der Waals surface area contributed by atoms with Crippen molar-refractivity contribution in [2.75, 3.05) is 33.3 Å². The Morgan fingerprint density at radius 3 is 2.79 bits per heavy atom. The molecular formula is C11H22N2O. The predicted octanol–water partition coefficient (Wildman–Crippen LogP) is 0.443. The van der Waals surface area contributed by atoms with Crippen LogP contribution in [0.5, 0.6) is 0 Å². The minimum atomic E-state index is 0.351. The predicted molar refractivity (Wildman–Crippen MR) is 57.3 cm³/mol. The molecule has 0 radical (unpaired) electrons. The zero-order valence-electron chi connectivity index (χ0n) is 9.13. The zero-order chi connectivity index (χ0) is 10.0. The molecule has 1 atom stereocenters. The summed E-state index contributed by atoms with van der Waals surface area (Å²) in [6.07, 6.45) is 4.75. The molecular weight excluding hydrogens is 176 g/mol. The lowest BCUT2D eigenvalue weighted by Gasteiger charge is -2.42. The fraction of sp³-hybridized carbons (Fsp3) is 1.00. The number of hydrogen-bond acceptors (Lipinski definition) is 3. The van der Waals surface area contributed by atoms with E-state index in [9.17, 15) is 0 Å². The Labute approximate surface area is 86.5 Å². The van der Waals surface area contributed by atoms with Crippen LogP contribution in [0.1, 0.15) is 25.7 Å². The molecule has 2 rings (SSSR count). The van der Waals surface area contributed by atoms with Gasteiger partial charge < -0.3 is 15.3 Å². The zero-order valence-corrected chi connectivity index (χ0v) is 9.13. The Morgan fingerprint density at radius 2 is 2.14 bits per heavy atom. The van der Waals surface area contributed by atoms with Gasteiger partial charge in [-0.05, 0) is 58.3 Å². The molecule has 2 N–H and O–H groups in total. The highest BCUT2D eigenvalue weighted by molar-refractivity contribution is 5.02.